The van der Waals surface area contributed by atoms with Crippen LogP contribution in [0, 0.1) is 16.7 Å². The number of nitrogens with one attached hydrogen (secondary N) is 1. The summed E-state index contributed by atoms with van der Waals surface area (Å²) in [6, 6.07) is 6.76. The molecule has 0 radical (unpaired) electrons. The summed E-state index contributed by atoms with van der Waals surface area (Å²) in [6.45, 7) is 1.21. The number of rotatable bonds is 6. The Bertz CT molecular complexity index is 811. The van der Waals surface area contributed by atoms with E-state index in [9.17, 15) is 18.4 Å². The van der Waals surface area contributed by atoms with Crippen LogP contribution in [0.1, 0.15) is 29.7 Å². The maximum atomic E-state index is 12.5. The molecule has 138 valence electrons. The zero-order valence-corrected chi connectivity index (χ0v) is 13.6. The lowest BCUT2D eigenvalue weighted by Gasteiger charge is -2.35. The third kappa shape index (κ3) is 3.95. The Morgan fingerprint density at radius 3 is 2.73 bits per heavy atom. The van der Waals surface area contributed by atoms with Gasteiger partial charge in [-0.25, -0.2) is 0 Å². The lowest BCUT2D eigenvalue weighted by molar-refractivity contribution is -0.274. The molecule has 1 saturated heterocycles. The number of hydrogen-bond acceptors (Lipinski definition) is 7. The lowest BCUT2D eigenvalue weighted by Crippen LogP contribution is -2.52. The van der Waals surface area contributed by atoms with Gasteiger partial charge in [-0.1, -0.05) is 23.4 Å². The van der Waals surface area contributed by atoms with Crippen molar-refractivity contribution in [3.63, 3.8) is 0 Å². The van der Waals surface area contributed by atoms with E-state index >= 15 is 0 Å². The van der Waals surface area contributed by atoms with Crippen molar-refractivity contribution in [2.24, 2.45) is 11.1 Å². The summed E-state index contributed by atoms with van der Waals surface area (Å²) in [7, 11) is 0. The SMILES string of the molecule is N#CC1(CCc2nc(C(N)c3ccccc3OC(F)(F)F)no2)CNC1. The van der Waals surface area contributed by atoms with Gasteiger partial charge >= 0.3 is 6.36 Å². The molecule has 1 atom stereocenters. The average molecular weight is 367 g/mol. The maximum Gasteiger partial charge on any atom is 0.573 e. The van der Waals surface area contributed by atoms with Crippen molar-refractivity contribution in [2.45, 2.75) is 25.2 Å². The predicted octanol–water partition coefficient (Wildman–Crippen LogP) is 2.06. The van der Waals surface area contributed by atoms with E-state index in [-0.39, 0.29) is 17.3 Å². The van der Waals surface area contributed by atoms with Gasteiger partial charge in [-0.05, 0) is 12.5 Å². The molecule has 2 aromatic rings. The summed E-state index contributed by atoms with van der Waals surface area (Å²) in [4.78, 5) is 4.15. The third-order valence-corrected chi connectivity index (χ3v) is 4.22. The minimum Gasteiger partial charge on any atom is -0.405 e. The number of hydrogen-bond donors (Lipinski definition) is 2. The van der Waals surface area contributed by atoms with E-state index in [0.29, 0.717) is 25.9 Å². The second kappa shape index (κ2) is 6.93. The molecule has 3 N–H and O–H groups in total. The van der Waals surface area contributed by atoms with E-state index in [1.54, 1.807) is 6.07 Å². The first-order valence-corrected chi connectivity index (χ1v) is 7.87. The minimum absolute atomic E-state index is 0.0518. The summed E-state index contributed by atoms with van der Waals surface area (Å²) in [5.41, 5.74) is 5.65. The summed E-state index contributed by atoms with van der Waals surface area (Å²) in [6.07, 6.45) is -3.91. The predicted molar refractivity (Wildman–Crippen MR) is 82.7 cm³/mol. The zero-order valence-electron chi connectivity index (χ0n) is 13.6. The number of benzene rings is 1. The van der Waals surface area contributed by atoms with Crippen molar-refractivity contribution >= 4 is 0 Å². The second-order valence-electron chi connectivity index (χ2n) is 6.11. The highest BCUT2D eigenvalue weighted by Gasteiger charge is 2.37. The lowest BCUT2D eigenvalue weighted by atomic mass is 9.79. The molecule has 1 fully saturated rings. The van der Waals surface area contributed by atoms with Crippen molar-refractivity contribution in [1.82, 2.24) is 15.5 Å². The minimum atomic E-state index is -4.83. The van der Waals surface area contributed by atoms with Crippen LogP contribution in [0.3, 0.4) is 0 Å². The van der Waals surface area contributed by atoms with Crippen molar-refractivity contribution < 1.29 is 22.4 Å². The van der Waals surface area contributed by atoms with E-state index in [2.05, 4.69) is 26.3 Å². The summed E-state index contributed by atoms with van der Waals surface area (Å²) in [5, 5.41) is 16.0. The van der Waals surface area contributed by atoms with Gasteiger partial charge in [0, 0.05) is 25.1 Å². The Hall–Kier alpha value is -2.64. The molecule has 1 aliphatic rings. The number of aromatic nitrogens is 2. The molecule has 0 aliphatic carbocycles. The highest BCUT2D eigenvalue weighted by molar-refractivity contribution is 5.38. The van der Waals surface area contributed by atoms with E-state index < -0.39 is 23.6 Å². The van der Waals surface area contributed by atoms with Gasteiger partial charge in [0.05, 0.1) is 17.5 Å². The molecule has 3 rings (SSSR count). The normalized spacial score (nSPS) is 17.2. The molecule has 2 heterocycles. The zero-order chi connectivity index (χ0) is 18.8. The van der Waals surface area contributed by atoms with Crippen molar-refractivity contribution in [2.75, 3.05) is 13.1 Å². The Labute approximate surface area is 146 Å². The first-order chi connectivity index (χ1) is 12.3. The van der Waals surface area contributed by atoms with Gasteiger partial charge in [-0.3, -0.25) is 0 Å². The van der Waals surface area contributed by atoms with Crippen LogP contribution in [0.25, 0.3) is 0 Å². The van der Waals surface area contributed by atoms with Crippen LogP contribution < -0.4 is 15.8 Å². The van der Waals surface area contributed by atoms with Gasteiger partial charge in [0.15, 0.2) is 5.82 Å². The van der Waals surface area contributed by atoms with Gasteiger partial charge < -0.3 is 20.3 Å². The highest BCUT2D eigenvalue weighted by atomic mass is 19.4. The fourth-order valence-corrected chi connectivity index (χ4v) is 2.67. The van der Waals surface area contributed by atoms with E-state index in [4.69, 9.17) is 10.3 Å². The molecule has 1 unspecified atom stereocenters. The first-order valence-electron chi connectivity index (χ1n) is 7.87. The van der Waals surface area contributed by atoms with E-state index in [1.807, 2.05) is 0 Å². The molecule has 1 aromatic carbocycles. The van der Waals surface area contributed by atoms with Gasteiger partial charge in [-0.15, -0.1) is 13.2 Å². The second-order valence-corrected chi connectivity index (χ2v) is 6.11. The number of alkyl halides is 3. The molecule has 0 spiro atoms. The third-order valence-electron chi connectivity index (χ3n) is 4.22. The maximum absolute atomic E-state index is 12.5. The molecule has 0 bridgehead atoms. The Morgan fingerprint density at radius 2 is 2.12 bits per heavy atom. The Balaban J connectivity index is 1.72. The summed E-state index contributed by atoms with van der Waals surface area (Å²) < 4.78 is 46.7. The molecule has 1 aromatic heterocycles. The number of halogens is 3. The smallest absolute Gasteiger partial charge is 0.405 e. The average Bonchev–Trinajstić information content (AvgIpc) is 3.02. The van der Waals surface area contributed by atoms with Crippen LogP contribution in [0.5, 0.6) is 5.75 Å². The monoisotopic (exact) mass is 367 g/mol. The molecule has 0 saturated carbocycles. The first kappa shape index (κ1) is 18.2. The number of nitriles is 1. The van der Waals surface area contributed by atoms with Gasteiger partial charge in [0.25, 0.3) is 0 Å². The number of nitrogens with two attached hydrogens (primary N) is 1. The molecular weight excluding hydrogens is 351 g/mol. The van der Waals surface area contributed by atoms with Crippen molar-refractivity contribution in [1.29, 1.82) is 5.26 Å². The largest absolute Gasteiger partial charge is 0.573 e. The highest BCUT2D eigenvalue weighted by Crippen LogP contribution is 2.32. The molecular formula is C16H16F3N5O2. The van der Waals surface area contributed by atoms with Crippen molar-refractivity contribution in [3.8, 4) is 11.8 Å². The Morgan fingerprint density at radius 1 is 1.38 bits per heavy atom. The van der Waals surface area contributed by atoms with E-state index in [0.717, 1.165) is 0 Å². The Kier molecular flexibility index (Phi) is 4.84. The number of para-hydroxylation sites is 1. The fraction of sp³-hybridized carbons (Fsp3) is 0.438. The summed E-state index contributed by atoms with van der Waals surface area (Å²) >= 11 is 0. The molecule has 1 aliphatic heterocycles. The number of ether oxygens (including phenoxy) is 1. The standard InChI is InChI=1S/C16H16F3N5O2/c17-16(18,19)25-11-4-2-1-3-10(11)13(21)14-23-12(26-24-14)5-6-15(7-20)8-22-9-15/h1-4,13,22H,5-6,8-9,21H2. The van der Waals surface area contributed by atoms with Crippen molar-refractivity contribution in [3.05, 3.63) is 41.5 Å². The number of aryl methyl sites for hydroxylation is 1. The molecule has 26 heavy (non-hydrogen) atoms. The van der Waals surface area contributed by atoms with Crippen LogP contribution in [0.4, 0.5) is 13.2 Å². The van der Waals surface area contributed by atoms with Crippen LogP contribution in [-0.4, -0.2) is 29.6 Å². The molecule has 0 amide bonds. The topological polar surface area (TPSA) is 110 Å². The van der Waals surface area contributed by atoms with Gasteiger partial charge in [0.2, 0.25) is 5.89 Å². The van der Waals surface area contributed by atoms with Crippen LogP contribution >= 0.6 is 0 Å². The van der Waals surface area contributed by atoms with Crippen LogP contribution in [0.15, 0.2) is 28.8 Å². The molecule has 10 heteroatoms. The van der Waals surface area contributed by atoms with Gasteiger partial charge in [0.1, 0.15) is 5.75 Å². The summed E-state index contributed by atoms with van der Waals surface area (Å²) in [5.74, 6) is -0.0787. The molecule has 7 nitrogen and oxygen atoms in total. The van der Waals surface area contributed by atoms with Crippen LogP contribution in [-0.2, 0) is 6.42 Å². The van der Waals surface area contributed by atoms with Crippen LogP contribution in [0.2, 0.25) is 0 Å². The number of nitrogens with zero attached hydrogens (tertiary/aromatic N) is 3. The quantitative estimate of drug-likeness (QED) is 0.804. The fourth-order valence-electron chi connectivity index (χ4n) is 2.67. The van der Waals surface area contributed by atoms with Gasteiger partial charge in [-0.2, -0.15) is 10.2 Å². The van der Waals surface area contributed by atoms with E-state index in [1.165, 1.54) is 18.2 Å².